The van der Waals surface area contributed by atoms with Crippen molar-refractivity contribution >= 4 is 11.8 Å². The van der Waals surface area contributed by atoms with Crippen LogP contribution < -0.4 is 5.32 Å². The first-order valence-electron chi connectivity index (χ1n) is 15.1. The fourth-order valence-electron chi connectivity index (χ4n) is 5.18. The molecule has 0 aromatic carbocycles. The minimum absolute atomic E-state index is 0.0910. The highest BCUT2D eigenvalue weighted by Gasteiger charge is 2.55. The maximum Gasteiger partial charge on any atom is 0.282 e. The lowest BCUT2D eigenvalue weighted by atomic mass is 9.88. The number of aliphatic hydroxyl groups excluding tert-OH is 4. The SMILES string of the molecule is CCCCCCCCCCCCCCCC(=O)N[C@H]1[C@@H](O)C[C@@](OCC)(C(=O)N(C)C)O[C@H]1C(O)C(O)CO. The molecule has 0 aromatic heterocycles. The molecule has 5 N–H and O–H groups in total. The van der Waals surface area contributed by atoms with Crippen molar-refractivity contribution in [2.45, 2.75) is 146 Å². The van der Waals surface area contributed by atoms with Crippen LogP contribution in [0.5, 0.6) is 0 Å². The van der Waals surface area contributed by atoms with E-state index in [2.05, 4.69) is 12.2 Å². The lowest BCUT2D eigenvalue weighted by Crippen LogP contribution is -2.69. The number of amides is 2. The van der Waals surface area contributed by atoms with Gasteiger partial charge in [0, 0.05) is 33.5 Å². The molecule has 0 radical (unpaired) electrons. The van der Waals surface area contributed by atoms with Crippen LogP contribution in [0.2, 0.25) is 0 Å². The summed E-state index contributed by atoms with van der Waals surface area (Å²) in [5.41, 5.74) is 0. The molecule has 0 bridgehead atoms. The van der Waals surface area contributed by atoms with Gasteiger partial charge in [0.2, 0.25) is 5.91 Å². The van der Waals surface area contributed by atoms with E-state index >= 15 is 0 Å². The van der Waals surface area contributed by atoms with Crippen LogP contribution >= 0.6 is 0 Å². The van der Waals surface area contributed by atoms with Gasteiger partial charge in [0.1, 0.15) is 18.3 Å². The van der Waals surface area contributed by atoms with Crippen molar-refractivity contribution in [1.82, 2.24) is 10.2 Å². The monoisotopic (exact) mass is 560 g/mol. The number of hydrogen-bond acceptors (Lipinski definition) is 8. The van der Waals surface area contributed by atoms with E-state index in [0.717, 1.165) is 19.3 Å². The van der Waals surface area contributed by atoms with Gasteiger partial charge in [-0.3, -0.25) is 9.59 Å². The number of carbonyl (C=O) groups excluding carboxylic acids is 2. The molecule has 0 aliphatic carbocycles. The number of nitrogens with zero attached hydrogens (tertiary/aromatic N) is 1. The molecule has 10 nitrogen and oxygen atoms in total. The predicted octanol–water partition coefficient (Wildman–Crippen LogP) is 2.64. The minimum atomic E-state index is -1.89. The second-order valence-electron chi connectivity index (χ2n) is 11.1. The van der Waals surface area contributed by atoms with Crippen LogP contribution in [0.4, 0.5) is 0 Å². The number of aliphatic hydroxyl groups is 4. The van der Waals surface area contributed by atoms with Gasteiger partial charge in [0.15, 0.2) is 0 Å². The molecule has 10 heteroatoms. The van der Waals surface area contributed by atoms with E-state index in [0.29, 0.717) is 6.42 Å². The quantitative estimate of drug-likeness (QED) is 0.135. The normalized spacial score (nSPS) is 24.8. The number of ether oxygens (including phenoxy) is 2. The van der Waals surface area contributed by atoms with E-state index in [4.69, 9.17) is 9.47 Å². The summed E-state index contributed by atoms with van der Waals surface area (Å²) in [4.78, 5) is 26.9. The van der Waals surface area contributed by atoms with Crippen molar-refractivity contribution in [1.29, 1.82) is 0 Å². The van der Waals surface area contributed by atoms with Crippen molar-refractivity contribution in [3.05, 3.63) is 0 Å². The maximum atomic E-state index is 12.9. The van der Waals surface area contributed by atoms with Crippen LogP contribution in [0.1, 0.15) is 110 Å². The van der Waals surface area contributed by atoms with Crippen molar-refractivity contribution in [2.24, 2.45) is 0 Å². The Balaban J connectivity index is 2.55. The van der Waals surface area contributed by atoms with Gasteiger partial charge in [-0.15, -0.1) is 0 Å². The minimum Gasteiger partial charge on any atom is -0.394 e. The summed E-state index contributed by atoms with van der Waals surface area (Å²) >= 11 is 0. The third-order valence-electron chi connectivity index (χ3n) is 7.44. The molecule has 230 valence electrons. The van der Waals surface area contributed by atoms with Gasteiger partial charge in [0.05, 0.1) is 18.8 Å². The first kappa shape index (κ1) is 35.7. The zero-order valence-corrected chi connectivity index (χ0v) is 24.8. The summed E-state index contributed by atoms with van der Waals surface area (Å²) < 4.78 is 11.5. The highest BCUT2D eigenvalue weighted by Crippen LogP contribution is 2.34. The van der Waals surface area contributed by atoms with Crippen LogP contribution in [0.3, 0.4) is 0 Å². The van der Waals surface area contributed by atoms with E-state index in [-0.39, 0.29) is 25.4 Å². The zero-order valence-electron chi connectivity index (χ0n) is 24.8. The molecular formula is C29H56N2O8. The summed E-state index contributed by atoms with van der Waals surface area (Å²) in [5, 5.41) is 43.8. The van der Waals surface area contributed by atoms with Crippen LogP contribution in [0.15, 0.2) is 0 Å². The van der Waals surface area contributed by atoms with Crippen LogP contribution in [-0.4, -0.2) is 101 Å². The molecule has 1 fully saturated rings. The van der Waals surface area contributed by atoms with E-state index in [1.807, 2.05) is 0 Å². The Morgan fingerprint density at radius 3 is 1.92 bits per heavy atom. The largest absolute Gasteiger partial charge is 0.394 e. The second-order valence-corrected chi connectivity index (χ2v) is 11.1. The Morgan fingerprint density at radius 1 is 0.949 bits per heavy atom. The van der Waals surface area contributed by atoms with Gasteiger partial charge in [-0.1, -0.05) is 84.0 Å². The van der Waals surface area contributed by atoms with Crippen molar-refractivity contribution in [3.8, 4) is 0 Å². The molecule has 0 spiro atoms. The van der Waals surface area contributed by atoms with E-state index in [9.17, 15) is 30.0 Å². The highest BCUT2D eigenvalue weighted by molar-refractivity contribution is 5.83. The summed E-state index contributed by atoms with van der Waals surface area (Å²) in [6.45, 7) is 3.23. The lowest BCUT2D eigenvalue weighted by Gasteiger charge is -2.48. The molecule has 0 aromatic rings. The zero-order chi connectivity index (χ0) is 29.3. The molecule has 1 aliphatic heterocycles. The number of unbranched alkanes of at least 4 members (excludes halogenated alkanes) is 12. The number of rotatable bonds is 21. The van der Waals surface area contributed by atoms with Crippen LogP contribution in [-0.2, 0) is 19.1 Å². The molecular weight excluding hydrogens is 504 g/mol. The van der Waals surface area contributed by atoms with Crippen molar-refractivity contribution < 1.29 is 39.5 Å². The highest BCUT2D eigenvalue weighted by atomic mass is 16.7. The Bertz CT molecular complexity index is 680. The van der Waals surface area contributed by atoms with E-state index in [1.165, 1.54) is 76.8 Å². The first-order valence-corrected chi connectivity index (χ1v) is 15.1. The Kier molecular flexibility index (Phi) is 18.1. The van der Waals surface area contributed by atoms with Gasteiger partial charge in [-0.2, -0.15) is 0 Å². The topological polar surface area (TPSA) is 149 Å². The average molecular weight is 561 g/mol. The summed E-state index contributed by atoms with van der Waals surface area (Å²) in [7, 11) is 3.02. The van der Waals surface area contributed by atoms with Crippen LogP contribution in [0.25, 0.3) is 0 Å². The standard InChI is InChI=1S/C29H56N2O8/c1-5-7-8-9-10-11-12-13-14-15-16-17-18-19-24(35)30-25-22(33)20-29(38-6-2,28(37)31(3)4)39-27(25)26(36)23(34)21-32/h22-23,25-27,32-34,36H,5-21H2,1-4H3,(H,30,35)/t22-,23?,25-,26?,27+,29-/m0/s1. The third-order valence-corrected chi connectivity index (χ3v) is 7.44. The number of hydrogen-bond donors (Lipinski definition) is 5. The summed E-state index contributed by atoms with van der Waals surface area (Å²) in [6, 6.07) is -1.10. The summed E-state index contributed by atoms with van der Waals surface area (Å²) in [6.07, 6.45) is 9.61. The molecule has 2 unspecified atom stereocenters. The molecule has 6 atom stereocenters. The van der Waals surface area contributed by atoms with Gasteiger partial charge >= 0.3 is 0 Å². The fourth-order valence-corrected chi connectivity index (χ4v) is 5.18. The van der Waals surface area contributed by atoms with E-state index < -0.39 is 48.8 Å². The molecule has 39 heavy (non-hydrogen) atoms. The van der Waals surface area contributed by atoms with E-state index in [1.54, 1.807) is 6.92 Å². The Labute approximate surface area is 235 Å². The Morgan fingerprint density at radius 2 is 1.46 bits per heavy atom. The van der Waals surface area contributed by atoms with Gasteiger partial charge in [-0.05, 0) is 13.3 Å². The number of carbonyl (C=O) groups is 2. The van der Waals surface area contributed by atoms with Gasteiger partial charge in [-0.25, -0.2) is 0 Å². The molecule has 0 saturated carbocycles. The van der Waals surface area contributed by atoms with Gasteiger partial charge < -0.3 is 40.1 Å². The van der Waals surface area contributed by atoms with Gasteiger partial charge in [0.25, 0.3) is 11.7 Å². The average Bonchev–Trinajstić information content (AvgIpc) is 2.91. The number of likely N-dealkylation sites (N-methyl/N-ethyl adjacent to an activating group) is 1. The predicted molar refractivity (Wildman–Crippen MR) is 150 cm³/mol. The second kappa shape index (κ2) is 19.7. The number of nitrogens with one attached hydrogen (secondary N) is 1. The first-order chi connectivity index (χ1) is 18.6. The molecule has 1 heterocycles. The van der Waals surface area contributed by atoms with Crippen molar-refractivity contribution in [2.75, 3.05) is 27.3 Å². The van der Waals surface area contributed by atoms with Crippen LogP contribution in [0, 0.1) is 0 Å². The molecule has 1 saturated heterocycles. The Hall–Kier alpha value is -1.30. The van der Waals surface area contributed by atoms with Crippen molar-refractivity contribution in [3.63, 3.8) is 0 Å². The molecule has 2 amide bonds. The fraction of sp³-hybridized carbons (Fsp3) is 0.931. The third kappa shape index (κ3) is 12.4. The molecule has 1 aliphatic rings. The maximum absolute atomic E-state index is 12.9. The lowest BCUT2D eigenvalue weighted by molar-refractivity contribution is -0.306. The summed E-state index contributed by atoms with van der Waals surface area (Å²) in [5.74, 6) is -2.78. The smallest absolute Gasteiger partial charge is 0.282 e. The molecule has 1 rings (SSSR count).